The lowest BCUT2D eigenvalue weighted by Gasteiger charge is -2.29. The fourth-order valence-electron chi connectivity index (χ4n) is 2.68. The van der Waals surface area contributed by atoms with Gasteiger partial charge < -0.3 is 15.6 Å². The molecule has 3 rings (SSSR count). The highest BCUT2D eigenvalue weighted by Crippen LogP contribution is 2.43. The van der Waals surface area contributed by atoms with Crippen molar-refractivity contribution in [1.82, 2.24) is 0 Å². The standard InChI is InChI=1S/C17H18N2O3S/c1-16(2,21)6-3-11-4-7-17-12(9-11)10-22-13(17)5-8-23-15(19-17)14(18)20/h4,7,9-10,13,21H,5,8H2,1-2H3,(H2,18,20). The van der Waals surface area contributed by atoms with Gasteiger partial charge in [0.25, 0.3) is 5.91 Å². The molecule has 2 heterocycles. The molecule has 0 aromatic rings. The van der Waals surface area contributed by atoms with Crippen LogP contribution in [-0.4, -0.2) is 39.1 Å². The minimum absolute atomic E-state index is 0.141. The van der Waals surface area contributed by atoms with Gasteiger partial charge in [0.05, 0.1) is 6.26 Å². The number of primary amides is 1. The Balaban J connectivity index is 1.98. The van der Waals surface area contributed by atoms with E-state index < -0.39 is 17.0 Å². The summed E-state index contributed by atoms with van der Waals surface area (Å²) >= 11 is 1.37. The molecule has 2 aliphatic heterocycles. The first-order valence-corrected chi connectivity index (χ1v) is 8.34. The highest BCUT2D eigenvalue weighted by molar-refractivity contribution is 8.15. The Hall–Kier alpha value is -1.97. The summed E-state index contributed by atoms with van der Waals surface area (Å²) in [6, 6.07) is 0. The van der Waals surface area contributed by atoms with Crippen LogP contribution < -0.4 is 5.73 Å². The molecule has 0 saturated heterocycles. The van der Waals surface area contributed by atoms with Gasteiger partial charge in [-0.3, -0.25) is 9.79 Å². The predicted octanol–water partition coefficient (Wildman–Crippen LogP) is 1.30. The van der Waals surface area contributed by atoms with Crippen molar-refractivity contribution in [3.05, 3.63) is 35.6 Å². The second-order valence-corrected chi connectivity index (χ2v) is 7.27. The quantitative estimate of drug-likeness (QED) is 0.710. The van der Waals surface area contributed by atoms with Crippen LogP contribution in [0.5, 0.6) is 0 Å². The van der Waals surface area contributed by atoms with E-state index in [1.54, 1.807) is 20.1 Å². The third-order valence-electron chi connectivity index (χ3n) is 3.77. The van der Waals surface area contributed by atoms with Crippen LogP contribution in [0.25, 0.3) is 0 Å². The minimum Gasteiger partial charge on any atom is -0.494 e. The fraction of sp³-hybridized carbons (Fsp3) is 0.412. The molecule has 2 atom stereocenters. The molecule has 2 unspecified atom stereocenters. The predicted molar refractivity (Wildman–Crippen MR) is 90.7 cm³/mol. The number of allylic oxidation sites excluding steroid dienone is 2. The van der Waals surface area contributed by atoms with Gasteiger partial charge in [-0.15, -0.1) is 11.8 Å². The fourth-order valence-corrected chi connectivity index (χ4v) is 3.56. The molecule has 5 nitrogen and oxygen atoms in total. The molecule has 0 bridgehead atoms. The van der Waals surface area contributed by atoms with Crippen molar-refractivity contribution in [3.63, 3.8) is 0 Å². The molecule has 0 fully saturated rings. The zero-order valence-electron chi connectivity index (χ0n) is 13.0. The summed E-state index contributed by atoms with van der Waals surface area (Å²) in [4.78, 5) is 16.2. The molecule has 0 aromatic carbocycles. The number of ether oxygens (including phenoxy) is 1. The number of nitrogens with two attached hydrogens (primary N) is 1. The van der Waals surface area contributed by atoms with Gasteiger partial charge in [-0.2, -0.15) is 0 Å². The summed E-state index contributed by atoms with van der Waals surface area (Å²) < 4.78 is 5.77. The molecule has 1 amide bonds. The highest BCUT2D eigenvalue weighted by atomic mass is 32.2. The van der Waals surface area contributed by atoms with Crippen molar-refractivity contribution in [2.45, 2.75) is 37.5 Å². The molecule has 1 aliphatic carbocycles. The first kappa shape index (κ1) is 15.9. The van der Waals surface area contributed by atoms with Gasteiger partial charge in [0, 0.05) is 16.9 Å². The Bertz CT molecular complexity index is 731. The summed E-state index contributed by atoms with van der Waals surface area (Å²) in [7, 11) is 0. The Morgan fingerprint density at radius 2 is 2.39 bits per heavy atom. The zero-order chi connectivity index (χ0) is 16.7. The van der Waals surface area contributed by atoms with E-state index in [1.165, 1.54) is 11.8 Å². The normalized spacial score (nSPS) is 28.8. The van der Waals surface area contributed by atoms with Crippen LogP contribution in [0.15, 0.2) is 40.6 Å². The Morgan fingerprint density at radius 1 is 1.61 bits per heavy atom. The average Bonchev–Trinajstić information content (AvgIpc) is 2.70. The van der Waals surface area contributed by atoms with Gasteiger partial charge in [-0.05, 0) is 38.5 Å². The molecular weight excluding hydrogens is 312 g/mol. The van der Waals surface area contributed by atoms with Crippen molar-refractivity contribution in [2.75, 3.05) is 5.75 Å². The number of amides is 1. The van der Waals surface area contributed by atoms with Crippen LogP contribution in [0.1, 0.15) is 20.3 Å². The lowest BCUT2D eigenvalue weighted by atomic mass is 9.80. The molecule has 120 valence electrons. The number of thioether (sulfide) groups is 1. The van der Waals surface area contributed by atoms with E-state index in [1.807, 2.05) is 18.2 Å². The maximum Gasteiger partial charge on any atom is 0.273 e. The monoisotopic (exact) mass is 330 g/mol. The Kier molecular flexibility index (Phi) is 3.86. The zero-order valence-corrected chi connectivity index (χ0v) is 13.8. The van der Waals surface area contributed by atoms with Crippen molar-refractivity contribution >= 4 is 22.7 Å². The van der Waals surface area contributed by atoms with Crippen LogP contribution >= 0.6 is 11.8 Å². The van der Waals surface area contributed by atoms with E-state index in [2.05, 4.69) is 16.8 Å². The summed E-state index contributed by atoms with van der Waals surface area (Å²) in [5.74, 6) is 5.95. The number of nitrogens with zero attached hydrogens (tertiary/aromatic N) is 1. The minimum atomic E-state index is -1.05. The summed E-state index contributed by atoms with van der Waals surface area (Å²) in [5, 5.41) is 10.0. The Morgan fingerprint density at radius 3 is 3.09 bits per heavy atom. The third kappa shape index (κ3) is 3.07. The smallest absolute Gasteiger partial charge is 0.273 e. The second kappa shape index (κ2) is 5.59. The lowest BCUT2D eigenvalue weighted by molar-refractivity contribution is -0.111. The maximum absolute atomic E-state index is 11.6. The molecule has 3 aliphatic rings. The molecule has 0 saturated carbocycles. The Labute approximate surface area is 139 Å². The first-order valence-electron chi connectivity index (χ1n) is 7.35. The van der Waals surface area contributed by atoms with Crippen LogP contribution in [0, 0.1) is 11.8 Å². The van der Waals surface area contributed by atoms with E-state index in [-0.39, 0.29) is 6.10 Å². The molecule has 23 heavy (non-hydrogen) atoms. The van der Waals surface area contributed by atoms with Crippen LogP contribution in [0.4, 0.5) is 0 Å². The van der Waals surface area contributed by atoms with E-state index in [0.29, 0.717) is 5.04 Å². The SMILES string of the molecule is CC(C)(O)C#CC1=CC2=COC3CCSC(C(N)=O)=NC23C=C1. The maximum atomic E-state index is 11.6. The van der Waals surface area contributed by atoms with E-state index >= 15 is 0 Å². The molecule has 6 heteroatoms. The molecule has 3 N–H and O–H groups in total. The number of rotatable bonds is 1. The number of aliphatic imine (C=N–C) groups is 1. The summed E-state index contributed by atoms with van der Waals surface area (Å²) in [6.07, 6.45) is 7.97. The van der Waals surface area contributed by atoms with Crippen molar-refractivity contribution in [3.8, 4) is 11.8 Å². The van der Waals surface area contributed by atoms with E-state index in [4.69, 9.17) is 10.5 Å². The molecule has 0 aromatic heterocycles. The molecule has 0 radical (unpaired) electrons. The average molecular weight is 330 g/mol. The molecule has 1 spiro atoms. The van der Waals surface area contributed by atoms with E-state index in [0.717, 1.165) is 23.3 Å². The van der Waals surface area contributed by atoms with Crippen LogP contribution in [0.3, 0.4) is 0 Å². The van der Waals surface area contributed by atoms with Crippen molar-refractivity contribution in [2.24, 2.45) is 10.7 Å². The number of hydrogen-bond acceptors (Lipinski definition) is 5. The molecular formula is C17H18N2O3S. The third-order valence-corrected chi connectivity index (χ3v) is 4.78. The van der Waals surface area contributed by atoms with Gasteiger partial charge in [-0.25, -0.2) is 0 Å². The number of carbonyl (C=O) groups excluding carboxylic acids is 1. The highest BCUT2D eigenvalue weighted by Gasteiger charge is 2.47. The van der Waals surface area contributed by atoms with Gasteiger partial charge in [0.15, 0.2) is 5.04 Å². The van der Waals surface area contributed by atoms with Gasteiger partial charge in [0.1, 0.15) is 17.2 Å². The van der Waals surface area contributed by atoms with Crippen molar-refractivity contribution in [1.29, 1.82) is 0 Å². The topological polar surface area (TPSA) is 84.9 Å². The lowest BCUT2D eigenvalue weighted by Crippen LogP contribution is -2.39. The number of aliphatic hydroxyl groups is 1. The largest absolute Gasteiger partial charge is 0.494 e. The summed E-state index contributed by atoms with van der Waals surface area (Å²) in [6.45, 7) is 3.27. The van der Waals surface area contributed by atoms with Crippen LogP contribution in [0.2, 0.25) is 0 Å². The number of carbonyl (C=O) groups is 1. The van der Waals surface area contributed by atoms with Gasteiger partial charge >= 0.3 is 0 Å². The first-order chi connectivity index (χ1) is 10.8. The van der Waals surface area contributed by atoms with Crippen LogP contribution in [-0.2, 0) is 9.53 Å². The number of hydrogen-bond donors (Lipinski definition) is 2. The van der Waals surface area contributed by atoms with Gasteiger partial charge in [-0.1, -0.05) is 11.8 Å². The second-order valence-electron chi connectivity index (χ2n) is 6.18. The van der Waals surface area contributed by atoms with Gasteiger partial charge in [0.2, 0.25) is 0 Å². The summed E-state index contributed by atoms with van der Waals surface area (Å²) in [5.41, 5.74) is 5.29. The van der Waals surface area contributed by atoms with E-state index in [9.17, 15) is 9.90 Å². The van der Waals surface area contributed by atoms with Crippen molar-refractivity contribution < 1.29 is 14.6 Å².